The quantitative estimate of drug-likeness (QED) is 0.466. The SMILES string of the molecule is OC1COC2C(Cl)CNC12. The summed E-state index contributed by atoms with van der Waals surface area (Å²) in [5.74, 6) is 0. The van der Waals surface area contributed by atoms with Crippen LogP contribution in [0.25, 0.3) is 0 Å². The van der Waals surface area contributed by atoms with Crippen LogP contribution in [0.1, 0.15) is 0 Å². The highest BCUT2D eigenvalue weighted by Crippen LogP contribution is 2.25. The summed E-state index contributed by atoms with van der Waals surface area (Å²) in [4.78, 5) is 0. The Kier molecular flexibility index (Phi) is 1.60. The van der Waals surface area contributed by atoms with Gasteiger partial charge in [0, 0.05) is 6.54 Å². The largest absolute Gasteiger partial charge is 0.389 e. The fraction of sp³-hybridized carbons (Fsp3) is 1.00. The molecule has 2 N–H and O–H groups in total. The zero-order chi connectivity index (χ0) is 7.14. The van der Waals surface area contributed by atoms with Crippen LogP contribution in [0.15, 0.2) is 0 Å². The molecule has 4 heteroatoms. The van der Waals surface area contributed by atoms with Crippen molar-refractivity contribution in [1.82, 2.24) is 5.32 Å². The average molecular weight is 164 g/mol. The molecule has 0 aromatic carbocycles. The third-order valence-corrected chi connectivity index (χ3v) is 2.54. The first-order valence-electron chi connectivity index (χ1n) is 3.46. The highest BCUT2D eigenvalue weighted by Gasteiger charge is 2.44. The van der Waals surface area contributed by atoms with E-state index in [-0.39, 0.29) is 23.6 Å². The number of aliphatic hydroxyl groups excluding tert-OH is 1. The zero-order valence-electron chi connectivity index (χ0n) is 5.46. The standard InChI is InChI=1S/C6H10ClNO2/c7-3-1-8-5-4(9)2-10-6(3)5/h3-6,8-9H,1-2H2. The van der Waals surface area contributed by atoms with E-state index in [9.17, 15) is 5.11 Å². The second-order valence-electron chi connectivity index (χ2n) is 2.82. The van der Waals surface area contributed by atoms with Gasteiger partial charge in [-0.05, 0) is 0 Å². The number of hydrogen-bond acceptors (Lipinski definition) is 3. The molecule has 2 fully saturated rings. The normalized spacial score (nSPS) is 53.4. The van der Waals surface area contributed by atoms with Gasteiger partial charge in [-0.25, -0.2) is 0 Å². The Balaban J connectivity index is 2.09. The van der Waals surface area contributed by atoms with E-state index in [4.69, 9.17) is 16.3 Å². The third-order valence-electron chi connectivity index (χ3n) is 2.13. The number of alkyl halides is 1. The molecule has 3 nitrogen and oxygen atoms in total. The van der Waals surface area contributed by atoms with E-state index in [0.717, 1.165) is 6.54 Å². The molecule has 0 aliphatic carbocycles. The molecule has 2 aliphatic heterocycles. The predicted molar refractivity (Wildman–Crippen MR) is 37.2 cm³/mol. The molecule has 0 bridgehead atoms. The molecule has 4 atom stereocenters. The molecule has 4 unspecified atom stereocenters. The van der Waals surface area contributed by atoms with E-state index in [1.54, 1.807) is 0 Å². The van der Waals surface area contributed by atoms with Crippen LogP contribution >= 0.6 is 11.6 Å². The minimum Gasteiger partial charge on any atom is -0.389 e. The maximum atomic E-state index is 9.27. The van der Waals surface area contributed by atoms with Crippen LogP contribution < -0.4 is 5.32 Å². The molecule has 0 radical (unpaired) electrons. The topological polar surface area (TPSA) is 41.5 Å². The van der Waals surface area contributed by atoms with E-state index in [0.29, 0.717) is 6.61 Å². The molecule has 0 aromatic rings. The third kappa shape index (κ3) is 0.855. The summed E-state index contributed by atoms with van der Waals surface area (Å²) in [6.07, 6.45) is -0.342. The summed E-state index contributed by atoms with van der Waals surface area (Å²) in [7, 11) is 0. The van der Waals surface area contributed by atoms with Gasteiger partial charge in [0.2, 0.25) is 0 Å². The highest BCUT2D eigenvalue weighted by molar-refractivity contribution is 6.21. The highest BCUT2D eigenvalue weighted by atomic mass is 35.5. The van der Waals surface area contributed by atoms with Crippen molar-refractivity contribution in [2.45, 2.75) is 23.6 Å². The Labute approximate surface area is 64.3 Å². The van der Waals surface area contributed by atoms with Crippen LogP contribution in [0.2, 0.25) is 0 Å². The summed E-state index contributed by atoms with van der Waals surface area (Å²) < 4.78 is 5.26. The lowest BCUT2D eigenvalue weighted by Crippen LogP contribution is -2.36. The van der Waals surface area contributed by atoms with E-state index >= 15 is 0 Å². The Morgan fingerprint density at radius 3 is 3.10 bits per heavy atom. The lowest BCUT2D eigenvalue weighted by molar-refractivity contribution is 0.0890. The van der Waals surface area contributed by atoms with Crippen LogP contribution in [0, 0.1) is 0 Å². The van der Waals surface area contributed by atoms with Gasteiger partial charge in [-0.15, -0.1) is 11.6 Å². The van der Waals surface area contributed by atoms with E-state index in [1.165, 1.54) is 0 Å². The first kappa shape index (κ1) is 6.85. The van der Waals surface area contributed by atoms with Crippen LogP contribution in [-0.2, 0) is 4.74 Å². The minimum absolute atomic E-state index is 0.0247. The molecule has 2 aliphatic rings. The summed E-state index contributed by atoms with van der Waals surface area (Å²) in [5.41, 5.74) is 0. The molecule has 10 heavy (non-hydrogen) atoms. The number of halogens is 1. The van der Waals surface area contributed by atoms with Gasteiger partial charge in [-0.1, -0.05) is 0 Å². The lowest BCUT2D eigenvalue weighted by Gasteiger charge is -2.10. The van der Waals surface area contributed by atoms with Crippen molar-refractivity contribution < 1.29 is 9.84 Å². The number of fused-ring (bicyclic) bond motifs is 1. The monoisotopic (exact) mass is 163 g/mol. The molecule has 0 spiro atoms. The van der Waals surface area contributed by atoms with Gasteiger partial charge in [0.25, 0.3) is 0 Å². The smallest absolute Gasteiger partial charge is 0.0952 e. The lowest BCUT2D eigenvalue weighted by atomic mass is 10.1. The molecule has 0 amide bonds. The molecule has 2 rings (SSSR count). The van der Waals surface area contributed by atoms with Gasteiger partial charge in [0.1, 0.15) is 0 Å². The molecule has 0 saturated carbocycles. The van der Waals surface area contributed by atoms with Crippen LogP contribution in [0.4, 0.5) is 0 Å². The first-order chi connectivity index (χ1) is 4.79. The van der Waals surface area contributed by atoms with Crippen molar-refractivity contribution in [2.24, 2.45) is 0 Å². The number of ether oxygens (including phenoxy) is 1. The second-order valence-corrected chi connectivity index (χ2v) is 3.38. The number of rotatable bonds is 0. The van der Waals surface area contributed by atoms with Crippen LogP contribution in [0.5, 0.6) is 0 Å². The van der Waals surface area contributed by atoms with Gasteiger partial charge in [0.15, 0.2) is 0 Å². The molecule has 0 aromatic heterocycles. The Morgan fingerprint density at radius 2 is 2.40 bits per heavy atom. The summed E-state index contributed by atoms with van der Waals surface area (Å²) in [6, 6.07) is 0.0718. The van der Waals surface area contributed by atoms with Crippen LogP contribution in [0.3, 0.4) is 0 Å². The first-order valence-corrected chi connectivity index (χ1v) is 3.90. The molecule has 2 saturated heterocycles. The molecule has 58 valence electrons. The number of nitrogens with one attached hydrogen (secondary N) is 1. The van der Waals surface area contributed by atoms with Crippen LogP contribution in [-0.4, -0.2) is 41.9 Å². The van der Waals surface area contributed by atoms with E-state index in [2.05, 4.69) is 5.32 Å². The predicted octanol–water partition coefficient (Wildman–Crippen LogP) is -0.675. The van der Waals surface area contributed by atoms with Gasteiger partial charge in [-0.3, -0.25) is 0 Å². The van der Waals surface area contributed by atoms with Gasteiger partial charge in [0.05, 0.1) is 30.2 Å². The fourth-order valence-corrected chi connectivity index (χ4v) is 1.90. The van der Waals surface area contributed by atoms with Gasteiger partial charge < -0.3 is 15.2 Å². The minimum atomic E-state index is -0.367. The average Bonchev–Trinajstić information content (AvgIpc) is 2.41. The van der Waals surface area contributed by atoms with Crippen molar-refractivity contribution in [3.63, 3.8) is 0 Å². The Bertz CT molecular complexity index is 128. The van der Waals surface area contributed by atoms with Crippen molar-refractivity contribution in [3.8, 4) is 0 Å². The summed E-state index contributed by atoms with van der Waals surface area (Å²) >= 11 is 5.88. The van der Waals surface area contributed by atoms with Crippen molar-refractivity contribution in [3.05, 3.63) is 0 Å². The maximum absolute atomic E-state index is 9.27. The van der Waals surface area contributed by atoms with Crippen molar-refractivity contribution in [2.75, 3.05) is 13.2 Å². The van der Waals surface area contributed by atoms with Crippen molar-refractivity contribution >= 4 is 11.6 Å². The second kappa shape index (κ2) is 2.34. The van der Waals surface area contributed by atoms with Crippen molar-refractivity contribution in [1.29, 1.82) is 0 Å². The Hall–Kier alpha value is 0.170. The maximum Gasteiger partial charge on any atom is 0.0952 e. The van der Waals surface area contributed by atoms with Gasteiger partial charge >= 0.3 is 0 Å². The molecule has 2 heterocycles. The molecular formula is C6H10ClNO2. The fourth-order valence-electron chi connectivity index (χ4n) is 1.58. The summed E-state index contributed by atoms with van der Waals surface area (Å²) in [5, 5.41) is 12.4. The zero-order valence-corrected chi connectivity index (χ0v) is 6.21. The van der Waals surface area contributed by atoms with E-state index in [1.807, 2.05) is 0 Å². The van der Waals surface area contributed by atoms with Gasteiger partial charge in [-0.2, -0.15) is 0 Å². The number of aliphatic hydroxyl groups is 1. The molecular weight excluding hydrogens is 154 g/mol. The van der Waals surface area contributed by atoms with E-state index < -0.39 is 0 Å². The summed E-state index contributed by atoms with van der Waals surface area (Å²) in [6.45, 7) is 1.17. The Morgan fingerprint density at radius 1 is 1.60 bits per heavy atom. The number of hydrogen-bond donors (Lipinski definition) is 2.